The summed E-state index contributed by atoms with van der Waals surface area (Å²) in [5.41, 5.74) is 4.52. The van der Waals surface area contributed by atoms with E-state index in [2.05, 4.69) is 32.2 Å². The Morgan fingerprint density at radius 2 is 1.18 bits per heavy atom. The van der Waals surface area contributed by atoms with E-state index in [-0.39, 0.29) is 11.9 Å². The molecule has 39 heavy (non-hydrogen) atoms. The van der Waals surface area contributed by atoms with Crippen LogP contribution >= 0.6 is 0 Å². The molecule has 0 aromatic heterocycles. The first-order valence-corrected chi connectivity index (χ1v) is 15.4. The van der Waals surface area contributed by atoms with E-state index in [1.54, 1.807) is 13.8 Å². The third-order valence-electron chi connectivity index (χ3n) is 7.54. The van der Waals surface area contributed by atoms with Crippen LogP contribution in [0.3, 0.4) is 0 Å². The lowest BCUT2D eigenvalue weighted by atomic mass is 9.86. The molecule has 0 fully saturated rings. The van der Waals surface area contributed by atoms with Crippen molar-refractivity contribution in [1.82, 2.24) is 0 Å². The van der Waals surface area contributed by atoms with Gasteiger partial charge in [0, 0.05) is 24.0 Å². The molecule has 4 heteroatoms. The summed E-state index contributed by atoms with van der Waals surface area (Å²) < 4.78 is 11.2. The van der Waals surface area contributed by atoms with E-state index in [9.17, 15) is 9.59 Å². The molecule has 0 spiro atoms. The third kappa shape index (κ3) is 12.9. The Labute approximate surface area is 238 Å². The molecule has 0 N–H and O–H groups in total. The molecule has 0 aromatic rings. The molecule has 4 nitrogen and oxygen atoms in total. The number of allylic oxidation sites excluding steroid dienone is 8. The SMILES string of the molecule is C=C(C)C(=O)OC1=CC=C(C2=CC(CCCCCCCCCCCCCCC)=C(OC(=O)C(=C)C)CC2)CC1. The van der Waals surface area contributed by atoms with Crippen LogP contribution in [0.25, 0.3) is 0 Å². The molecule has 0 bridgehead atoms. The molecule has 0 saturated heterocycles. The number of hydrogen-bond donors (Lipinski definition) is 0. The Hall–Kier alpha value is -2.62. The fourth-order valence-corrected chi connectivity index (χ4v) is 5.06. The van der Waals surface area contributed by atoms with E-state index in [0.29, 0.717) is 23.3 Å². The maximum Gasteiger partial charge on any atom is 0.338 e. The molecule has 0 heterocycles. The largest absolute Gasteiger partial charge is 0.428 e. The van der Waals surface area contributed by atoms with Crippen molar-refractivity contribution in [3.8, 4) is 0 Å². The highest BCUT2D eigenvalue weighted by Gasteiger charge is 2.21. The highest BCUT2D eigenvalue weighted by atomic mass is 16.5. The summed E-state index contributed by atoms with van der Waals surface area (Å²) in [4.78, 5) is 24.1. The van der Waals surface area contributed by atoms with Gasteiger partial charge in [-0.2, -0.15) is 0 Å². The number of carbonyl (C=O) groups is 2. The predicted octanol–water partition coefficient (Wildman–Crippen LogP) is 10.3. The number of unbranched alkanes of at least 4 members (excludes halogenated alkanes) is 12. The van der Waals surface area contributed by atoms with Gasteiger partial charge >= 0.3 is 11.9 Å². The minimum atomic E-state index is -0.373. The van der Waals surface area contributed by atoms with Gasteiger partial charge in [0.1, 0.15) is 11.5 Å². The van der Waals surface area contributed by atoms with Crippen molar-refractivity contribution in [2.24, 2.45) is 0 Å². The molecule has 0 amide bonds. The molecule has 0 aliphatic heterocycles. The van der Waals surface area contributed by atoms with Gasteiger partial charge in [-0.3, -0.25) is 0 Å². The standard InChI is InChI=1S/C35H52O4/c1-6-7-8-9-10-11-12-13-14-15-16-17-18-19-31-26-30(22-25-33(31)39-35(37)28(4)5)29-20-23-32(24-21-29)38-34(36)27(2)3/h20,23,26H,2,4,6-19,21-22,24-25H2,1,3,5H3. The Morgan fingerprint density at radius 1 is 0.667 bits per heavy atom. The summed E-state index contributed by atoms with van der Waals surface area (Å²) in [6.07, 6.45) is 27.5. The topological polar surface area (TPSA) is 52.6 Å². The molecule has 216 valence electrons. The van der Waals surface area contributed by atoms with Crippen molar-refractivity contribution in [2.45, 2.75) is 136 Å². The monoisotopic (exact) mass is 536 g/mol. The van der Waals surface area contributed by atoms with Crippen molar-refractivity contribution in [2.75, 3.05) is 0 Å². The van der Waals surface area contributed by atoms with Gasteiger partial charge < -0.3 is 9.47 Å². The highest BCUT2D eigenvalue weighted by Crippen LogP contribution is 2.35. The van der Waals surface area contributed by atoms with Gasteiger partial charge in [0.2, 0.25) is 0 Å². The van der Waals surface area contributed by atoms with E-state index < -0.39 is 0 Å². The Balaban J connectivity index is 1.85. The number of rotatable bonds is 19. The van der Waals surface area contributed by atoms with Gasteiger partial charge in [-0.05, 0) is 62.3 Å². The fourth-order valence-electron chi connectivity index (χ4n) is 5.06. The summed E-state index contributed by atoms with van der Waals surface area (Å²) in [5.74, 6) is 0.770. The average Bonchev–Trinajstić information content (AvgIpc) is 2.92. The van der Waals surface area contributed by atoms with Gasteiger partial charge in [0.15, 0.2) is 0 Å². The molecule has 0 unspecified atom stereocenters. The second-order valence-corrected chi connectivity index (χ2v) is 11.3. The number of hydrogen-bond acceptors (Lipinski definition) is 4. The lowest BCUT2D eigenvalue weighted by Gasteiger charge is -2.23. The van der Waals surface area contributed by atoms with Crippen LogP contribution in [0.1, 0.15) is 136 Å². The molecule has 0 aromatic carbocycles. The second kappa shape index (κ2) is 18.6. The quantitative estimate of drug-likeness (QED) is 0.0936. The molecule has 2 rings (SSSR count). The maximum atomic E-state index is 12.3. The van der Waals surface area contributed by atoms with E-state index in [1.165, 1.54) is 88.2 Å². The van der Waals surface area contributed by atoms with Crippen LogP contribution in [0.4, 0.5) is 0 Å². The molecule has 2 aliphatic rings. The molecule has 0 atom stereocenters. The Morgan fingerprint density at radius 3 is 1.69 bits per heavy atom. The number of ether oxygens (including phenoxy) is 2. The van der Waals surface area contributed by atoms with Crippen molar-refractivity contribution in [1.29, 1.82) is 0 Å². The molecule has 0 radical (unpaired) electrons. The highest BCUT2D eigenvalue weighted by molar-refractivity contribution is 5.88. The summed E-state index contributed by atoms with van der Waals surface area (Å²) in [6, 6.07) is 0. The lowest BCUT2D eigenvalue weighted by Crippen LogP contribution is -2.11. The zero-order chi connectivity index (χ0) is 28.5. The smallest absolute Gasteiger partial charge is 0.338 e. The molecule has 2 aliphatic carbocycles. The van der Waals surface area contributed by atoms with Gasteiger partial charge in [-0.15, -0.1) is 0 Å². The molecular weight excluding hydrogens is 484 g/mol. The molecular formula is C35H52O4. The van der Waals surface area contributed by atoms with Crippen LogP contribution in [-0.2, 0) is 19.1 Å². The first kappa shape index (κ1) is 32.6. The van der Waals surface area contributed by atoms with Gasteiger partial charge in [0.05, 0.1) is 0 Å². The van der Waals surface area contributed by atoms with Gasteiger partial charge in [0.25, 0.3) is 0 Å². The molecule has 0 saturated carbocycles. The first-order chi connectivity index (χ1) is 18.8. The van der Waals surface area contributed by atoms with Crippen molar-refractivity contribution < 1.29 is 19.1 Å². The van der Waals surface area contributed by atoms with Crippen molar-refractivity contribution in [3.05, 3.63) is 70.8 Å². The summed E-state index contributed by atoms with van der Waals surface area (Å²) in [6.45, 7) is 13.0. The van der Waals surface area contributed by atoms with Crippen LogP contribution < -0.4 is 0 Å². The maximum absolute atomic E-state index is 12.3. The Bertz CT molecular complexity index is 973. The van der Waals surface area contributed by atoms with E-state index in [4.69, 9.17) is 9.47 Å². The lowest BCUT2D eigenvalue weighted by molar-refractivity contribution is -0.136. The van der Waals surface area contributed by atoms with E-state index in [0.717, 1.165) is 43.4 Å². The van der Waals surface area contributed by atoms with Crippen LogP contribution in [-0.4, -0.2) is 11.9 Å². The zero-order valence-corrected chi connectivity index (χ0v) is 25.0. The number of esters is 2. The van der Waals surface area contributed by atoms with Crippen molar-refractivity contribution >= 4 is 11.9 Å². The fraction of sp³-hybridized carbons (Fsp3) is 0.600. The van der Waals surface area contributed by atoms with Crippen molar-refractivity contribution in [3.63, 3.8) is 0 Å². The number of carbonyl (C=O) groups excluding carboxylic acids is 2. The summed E-state index contributed by atoms with van der Waals surface area (Å²) >= 11 is 0. The first-order valence-electron chi connectivity index (χ1n) is 15.4. The Kier molecular flexibility index (Phi) is 15.6. The third-order valence-corrected chi connectivity index (χ3v) is 7.54. The van der Waals surface area contributed by atoms with Gasteiger partial charge in [-0.1, -0.05) is 109 Å². The minimum Gasteiger partial charge on any atom is -0.428 e. The summed E-state index contributed by atoms with van der Waals surface area (Å²) in [7, 11) is 0. The van der Waals surface area contributed by atoms with E-state index >= 15 is 0 Å². The van der Waals surface area contributed by atoms with Crippen LogP contribution in [0.15, 0.2) is 70.8 Å². The van der Waals surface area contributed by atoms with Crippen LogP contribution in [0, 0.1) is 0 Å². The van der Waals surface area contributed by atoms with Gasteiger partial charge in [-0.25, -0.2) is 9.59 Å². The average molecular weight is 537 g/mol. The normalized spacial score (nSPS) is 15.3. The van der Waals surface area contributed by atoms with Crippen LogP contribution in [0.5, 0.6) is 0 Å². The van der Waals surface area contributed by atoms with E-state index in [1.807, 2.05) is 6.08 Å². The minimum absolute atomic E-state index is 0.339. The summed E-state index contributed by atoms with van der Waals surface area (Å²) in [5, 5.41) is 0. The van der Waals surface area contributed by atoms with Crippen LogP contribution in [0.2, 0.25) is 0 Å². The zero-order valence-electron chi connectivity index (χ0n) is 25.0. The second-order valence-electron chi connectivity index (χ2n) is 11.3. The predicted molar refractivity (Wildman–Crippen MR) is 162 cm³/mol.